The van der Waals surface area contributed by atoms with E-state index in [9.17, 15) is 4.79 Å². The Morgan fingerprint density at radius 3 is 1.96 bits per heavy atom. The molecule has 3 nitrogen and oxygen atoms in total. The molecule has 0 fully saturated rings. The lowest BCUT2D eigenvalue weighted by Gasteiger charge is -2.19. The van der Waals surface area contributed by atoms with Crippen molar-refractivity contribution in [3.63, 3.8) is 0 Å². The molecule has 132 valence electrons. The Kier molecular flexibility index (Phi) is 5.69. The highest BCUT2D eigenvalue weighted by Crippen LogP contribution is 2.24. The van der Waals surface area contributed by atoms with Crippen LogP contribution in [-0.2, 0) is 0 Å². The number of carbonyl (C=O) groups excluding carboxylic acids is 1. The molecule has 0 unspecified atom stereocenters. The van der Waals surface area contributed by atoms with E-state index in [0.717, 1.165) is 5.69 Å². The predicted octanol–water partition coefficient (Wildman–Crippen LogP) is 4.31. The molecule has 3 rings (SSSR count). The van der Waals surface area contributed by atoms with Gasteiger partial charge in [0.05, 0.1) is 0 Å². The van der Waals surface area contributed by atoms with E-state index in [2.05, 4.69) is 29.6 Å². The highest BCUT2D eigenvalue weighted by atomic mass is 16.1. The van der Waals surface area contributed by atoms with Gasteiger partial charge >= 0.3 is 0 Å². The van der Waals surface area contributed by atoms with Crippen LogP contribution in [-0.4, -0.2) is 26.5 Å². The topological polar surface area (TPSA) is 32.3 Å². The van der Waals surface area contributed by atoms with E-state index in [4.69, 9.17) is 0 Å². The maximum atomic E-state index is 12.7. The van der Waals surface area contributed by atoms with Crippen LogP contribution in [0.15, 0.2) is 84.9 Å². The maximum Gasteiger partial charge on any atom is 0.251 e. The van der Waals surface area contributed by atoms with E-state index in [1.54, 1.807) is 0 Å². The summed E-state index contributed by atoms with van der Waals surface area (Å²) in [5.41, 5.74) is 4.08. The van der Waals surface area contributed by atoms with Crippen LogP contribution in [0.5, 0.6) is 0 Å². The Hall–Kier alpha value is -3.07. The monoisotopic (exact) mass is 344 g/mol. The van der Waals surface area contributed by atoms with Gasteiger partial charge in [-0.1, -0.05) is 66.7 Å². The lowest BCUT2D eigenvalue weighted by Crippen LogP contribution is -2.29. The molecule has 0 bridgehead atoms. The summed E-state index contributed by atoms with van der Waals surface area (Å²) >= 11 is 0. The molecule has 0 aliphatic heterocycles. The summed E-state index contributed by atoms with van der Waals surface area (Å²) in [7, 11) is 3.94. The second-order valence-electron chi connectivity index (χ2n) is 6.53. The van der Waals surface area contributed by atoms with Gasteiger partial charge < -0.3 is 10.2 Å². The van der Waals surface area contributed by atoms with Gasteiger partial charge in [0.2, 0.25) is 0 Å². The Balaban J connectivity index is 1.78. The van der Waals surface area contributed by atoms with Crippen molar-refractivity contribution in [2.24, 2.45) is 0 Å². The summed E-state index contributed by atoms with van der Waals surface area (Å²) in [6.07, 6.45) is 0. The standard InChI is InChI=1S/C23H24N2O/c1-25(2)21-15-9-14-20(16-21)23(26)24-17-22(18-10-5-3-6-11-18)19-12-7-4-8-13-19/h3-16,22H,17H2,1-2H3,(H,24,26). The van der Waals surface area contributed by atoms with Gasteiger partial charge in [-0.2, -0.15) is 0 Å². The van der Waals surface area contributed by atoms with Gasteiger partial charge in [-0.25, -0.2) is 0 Å². The second kappa shape index (κ2) is 8.34. The quantitative estimate of drug-likeness (QED) is 0.722. The molecule has 0 aliphatic carbocycles. The van der Waals surface area contributed by atoms with Crippen molar-refractivity contribution < 1.29 is 4.79 Å². The number of hydrogen-bond acceptors (Lipinski definition) is 2. The van der Waals surface area contributed by atoms with Crippen molar-refractivity contribution in [1.29, 1.82) is 0 Å². The van der Waals surface area contributed by atoms with Gasteiger partial charge in [-0.3, -0.25) is 4.79 Å². The first-order chi connectivity index (χ1) is 12.6. The minimum atomic E-state index is -0.0504. The summed E-state index contributed by atoms with van der Waals surface area (Å²) in [6.45, 7) is 0.555. The average molecular weight is 344 g/mol. The van der Waals surface area contributed by atoms with Crippen LogP contribution in [0.2, 0.25) is 0 Å². The first kappa shape index (κ1) is 17.7. The zero-order valence-corrected chi connectivity index (χ0v) is 15.2. The lowest BCUT2D eigenvalue weighted by atomic mass is 9.91. The van der Waals surface area contributed by atoms with Crippen molar-refractivity contribution >= 4 is 11.6 Å². The summed E-state index contributed by atoms with van der Waals surface area (Å²) in [4.78, 5) is 14.7. The Bertz CT molecular complexity index is 805. The molecule has 1 amide bonds. The number of amides is 1. The second-order valence-corrected chi connectivity index (χ2v) is 6.53. The number of nitrogens with zero attached hydrogens (tertiary/aromatic N) is 1. The van der Waals surface area contributed by atoms with E-state index >= 15 is 0 Å². The normalized spacial score (nSPS) is 10.6. The number of nitrogens with one attached hydrogen (secondary N) is 1. The van der Waals surface area contributed by atoms with E-state index in [0.29, 0.717) is 12.1 Å². The Morgan fingerprint density at radius 1 is 0.846 bits per heavy atom. The van der Waals surface area contributed by atoms with E-state index in [1.807, 2.05) is 79.7 Å². The first-order valence-corrected chi connectivity index (χ1v) is 8.80. The number of rotatable bonds is 6. The molecular formula is C23H24N2O. The summed E-state index contributed by atoms with van der Waals surface area (Å²) in [6, 6.07) is 28.3. The minimum absolute atomic E-state index is 0.0504. The molecule has 0 atom stereocenters. The highest BCUT2D eigenvalue weighted by molar-refractivity contribution is 5.95. The maximum absolute atomic E-state index is 12.7. The van der Waals surface area contributed by atoms with Gasteiger partial charge in [0.1, 0.15) is 0 Å². The van der Waals surface area contributed by atoms with Crippen LogP contribution >= 0.6 is 0 Å². The van der Waals surface area contributed by atoms with Gasteiger partial charge in [-0.15, -0.1) is 0 Å². The summed E-state index contributed by atoms with van der Waals surface area (Å²) in [5.74, 6) is 0.0731. The largest absolute Gasteiger partial charge is 0.378 e. The SMILES string of the molecule is CN(C)c1cccc(C(=O)NCC(c2ccccc2)c2ccccc2)c1. The molecule has 0 saturated carbocycles. The third-order valence-electron chi connectivity index (χ3n) is 4.50. The molecule has 0 aliphatic rings. The van der Waals surface area contributed by atoms with Gasteiger partial charge in [0, 0.05) is 37.8 Å². The third kappa shape index (κ3) is 4.31. The van der Waals surface area contributed by atoms with Crippen LogP contribution in [0.1, 0.15) is 27.4 Å². The molecule has 26 heavy (non-hydrogen) atoms. The summed E-state index contributed by atoms with van der Waals surface area (Å²) in [5, 5.41) is 3.10. The van der Waals surface area contributed by atoms with E-state index < -0.39 is 0 Å². The molecule has 0 saturated heterocycles. The molecular weight excluding hydrogens is 320 g/mol. The fourth-order valence-corrected chi connectivity index (χ4v) is 3.02. The number of carbonyl (C=O) groups is 1. The number of hydrogen-bond donors (Lipinski definition) is 1. The van der Waals surface area contributed by atoms with Gasteiger partial charge in [-0.05, 0) is 29.3 Å². The van der Waals surface area contributed by atoms with Crippen molar-refractivity contribution in [2.75, 3.05) is 25.5 Å². The smallest absolute Gasteiger partial charge is 0.251 e. The number of anilines is 1. The average Bonchev–Trinajstić information content (AvgIpc) is 2.69. The van der Waals surface area contributed by atoms with Gasteiger partial charge in [0.15, 0.2) is 0 Å². The fraction of sp³-hybridized carbons (Fsp3) is 0.174. The van der Waals surface area contributed by atoms with Crippen LogP contribution in [0.3, 0.4) is 0 Å². The van der Waals surface area contributed by atoms with Crippen molar-refractivity contribution in [2.45, 2.75) is 5.92 Å². The van der Waals surface area contributed by atoms with Crippen molar-refractivity contribution in [1.82, 2.24) is 5.32 Å². The Labute approximate surface area is 155 Å². The molecule has 0 heterocycles. The zero-order valence-electron chi connectivity index (χ0n) is 15.2. The van der Waals surface area contributed by atoms with Crippen LogP contribution in [0, 0.1) is 0 Å². The lowest BCUT2D eigenvalue weighted by molar-refractivity contribution is 0.0952. The first-order valence-electron chi connectivity index (χ1n) is 8.80. The predicted molar refractivity (Wildman–Crippen MR) is 108 cm³/mol. The highest BCUT2D eigenvalue weighted by Gasteiger charge is 2.16. The van der Waals surface area contributed by atoms with E-state index in [-0.39, 0.29) is 11.8 Å². The molecule has 3 aromatic carbocycles. The molecule has 1 N–H and O–H groups in total. The fourth-order valence-electron chi connectivity index (χ4n) is 3.02. The molecule has 0 aromatic heterocycles. The molecule has 0 radical (unpaired) electrons. The molecule has 3 heteroatoms. The molecule has 3 aromatic rings. The van der Waals surface area contributed by atoms with Crippen LogP contribution in [0.4, 0.5) is 5.69 Å². The zero-order chi connectivity index (χ0) is 18.4. The molecule has 0 spiro atoms. The van der Waals surface area contributed by atoms with Crippen molar-refractivity contribution in [3.05, 3.63) is 102 Å². The summed E-state index contributed by atoms with van der Waals surface area (Å²) < 4.78 is 0. The van der Waals surface area contributed by atoms with Crippen LogP contribution in [0.25, 0.3) is 0 Å². The third-order valence-corrected chi connectivity index (χ3v) is 4.50. The van der Waals surface area contributed by atoms with Crippen molar-refractivity contribution in [3.8, 4) is 0 Å². The Morgan fingerprint density at radius 2 is 1.42 bits per heavy atom. The van der Waals surface area contributed by atoms with Gasteiger partial charge in [0.25, 0.3) is 5.91 Å². The minimum Gasteiger partial charge on any atom is -0.378 e. The van der Waals surface area contributed by atoms with E-state index in [1.165, 1.54) is 11.1 Å². The van der Waals surface area contributed by atoms with Crippen LogP contribution < -0.4 is 10.2 Å². The number of benzene rings is 3.